The van der Waals surface area contributed by atoms with Crippen molar-refractivity contribution in [2.75, 3.05) is 0 Å². The number of alkyl halides is 2. The van der Waals surface area contributed by atoms with Crippen LogP contribution in [0.5, 0.6) is 0 Å². The van der Waals surface area contributed by atoms with E-state index in [0.717, 1.165) is 37.7 Å². The summed E-state index contributed by atoms with van der Waals surface area (Å²) < 4.78 is 28.6. The Morgan fingerprint density at radius 1 is 1.13 bits per heavy atom. The first-order valence-corrected chi connectivity index (χ1v) is 12.2. The van der Waals surface area contributed by atoms with E-state index in [4.69, 9.17) is 0 Å². The van der Waals surface area contributed by atoms with Gasteiger partial charge in [-0.1, -0.05) is 37.1 Å². The molecule has 3 nitrogen and oxygen atoms in total. The van der Waals surface area contributed by atoms with E-state index < -0.39 is 23.7 Å². The number of hydrogen-bond acceptors (Lipinski definition) is 3. The molecule has 0 radical (unpaired) electrons. The van der Waals surface area contributed by atoms with Crippen molar-refractivity contribution in [3.63, 3.8) is 0 Å². The fourth-order valence-electron chi connectivity index (χ4n) is 6.66. The molecule has 0 aromatic rings. The zero-order chi connectivity index (χ0) is 23.0. The van der Waals surface area contributed by atoms with Gasteiger partial charge in [0.2, 0.25) is 0 Å². The molecule has 0 aromatic heterocycles. The molecular weight excluding hydrogens is 398 g/mol. The molecule has 3 saturated carbocycles. The van der Waals surface area contributed by atoms with Crippen LogP contribution in [0.2, 0.25) is 0 Å². The summed E-state index contributed by atoms with van der Waals surface area (Å²) in [7, 11) is 0. The van der Waals surface area contributed by atoms with Crippen molar-refractivity contribution < 1.29 is 24.1 Å². The second-order valence-electron chi connectivity index (χ2n) is 11.4. The average Bonchev–Trinajstić information content (AvgIpc) is 3.00. The number of fused-ring (bicyclic) bond motifs is 1. The Labute approximate surface area is 186 Å². The molecule has 3 N–H and O–H groups in total. The fourth-order valence-corrected chi connectivity index (χ4v) is 6.66. The van der Waals surface area contributed by atoms with Crippen LogP contribution in [0.15, 0.2) is 23.3 Å². The molecule has 6 atom stereocenters. The summed E-state index contributed by atoms with van der Waals surface area (Å²) in [6, 6.07) is 0. The number of allylic oxidation sites excluding steroid dienone is 3. The van der Waals surface area contributed by atoms with Gasteiger partial charge in [-0.15, -0.1) is 0 Å². The summed E-state index contributed by atoms with van der Waals surface area (Å²) in [6.45, 7) is 6.86. The van der Waals surface area contributed by atoms with Crippen molar-refractivity contribution in [2.24, 2.45) is 23.2 Å². The molecular formula is C26H42F2O3. The molecule has 2 unspecified atom stereocenters. The van der Waals surface area contributed by atoms with Crippen LogP contribution in [0.3, 0.4) is 0 Å². The van der Waals surface area contributed by atoms with Crippen molar-refractivity contribution in [2.45, 2.75) is 116 Å². The Kier molecular flexibility index (Phi) is 7.40. The molecule has 0 spiro atoms. The van der Waals surface area contributed by atoms with Crippen LogP contribution in [0.1, 0.15) is 91.9 Å². The fraction of sp³-hybridized carbons (Fsp3) is 0.846. The maximum Gasteiger partial charge on any atom is 0.275 e. The molecule has 0 aromatic carbocycles. The van der Waals surface area contributed by atoms with Crippen LogP contribution in [0.4, 0.5) is 8.78 Å². The molecule has 0 saturated heterocycles. The zero-order valence-corrected chi connectivity index (χ0v) is 19.7. The lowest BCUT2D eigenvalue weighted by molar-refractivity contribution is -0.168. The Morgan fingerprint density at radius 2 is 1.77 bits per heavy atom. The molecule has 0 amide bonds. The molecule has 3 rings (SSSR count). The zero-order valence-electron chi connectivity index (χ0n) is 19.7. The maximum atomic E-state index is 14.3. The van der Waals surface area contributed by atoms with E-state index in [1.165, 1.54) is 19.4 Å². The molecule has 3 fully saturated rings. The smallest absolute Gasteiger partial charge is 0.275 e. The van der Waals surface area contributed by atoms with Gasteiger partial charge in [-0.25, -0.2) is 8.78 Å². The van der Waals surface area contributed by atoms with Crippen molar-refractivity contribution in [1.29, 1.82) is 0 Å². The van der Waals surface area contributed by atoms with Crippen molar-refractivity contribution in [1.82, 2.24) is 0 Å². The second-order valence-corrected chi connectivity index (χ2v) is 11.4. The van der Waals surface area contributed by atoms with Crippen LogP contribution in [0.25, 0.3) is 0 Å². The summed E-state index contributed by atoms with van der Waals surface area (Å²) in [6.07, 6.45) is 10.9. The van der Waals surface area contributed by atoms with Gasteiger partial charge in [-0.05, 0) is 94.8 Å². The standard InChI is InChI=1S/C26H42F2O3/c1-17(11-13-26(27,28)24(2,3)31)22-9-10-23-19(6-5-12-25(22,23)4)8-7-18-14-20(29)16-21(30)15-18/h7-8,17,20-23,29-31H,5-6,9-16H2,1-4H3/b18-7-,19-8+/t17-,20-,21?,22-,23?,25-/m1/s1. The Bertz CT molecular complexity index is 681. The number of aliphatic hydroxyl groups excluding tert-OH is 2. The third-order valence-corrected chi connectivity index (χ3v) is 8.61. The number of halogens is 2. The minimum absolute atomic E-state index is 0.137. The van der Waals surface area contributed by atoms with Gasteiger partial charge in [-0.3, -0.25) is 0 Å². The molecule has 5 heteroatoms. The Hall–Kier alpha value is -0.780. The highest BCUT2D eigenvalue weighted by molar-refractivity contribution is 5.26. The topological polar surface area (TPSA) is 60.7 Å². The molecule has 3 aliphatic carbocycles. The lowest BCUT2D eigenvalue weighted by atomic mass is 9.60. The first kappa shape index (κ1) is 24.9. The first-order chi connectivity index (χ1) is 14.3. The summed E-state index contributed by atoms with van der Waals surface area (Å²) >= 11 is 0. The SMILES string of the molecule is C[C@H](CCC(F)(F)C(C)(C)O)[C@H]1CCC2/C(=C/C=C3\CC(O)C[C@H](O)C3)CCC[C@@]21C. The van der Waals surface area contributed by atoms with Gasteiger partial charge >= 0.3 is 0 Å². The molecule has 31 heavy (non-hydrogen) atoms. The van der Waals surface area contributed by atoms with Crippen LogP contribution < -0.4 is 0 Å². The average molecular weight is 441 g/mol. The molecule has 178 valence electrons. The van der Waals surface area contributed by atoms with Gasteiger partial charge in [0.15, 0.2) is 0 Å². The summed E-state index contributed by atoms with van der Waals surface area (Å²) in [5.41, 5.74) is 0.719. The van der Waals surface area contributed by atoms with Gasteiger partial charge in [0.25, 0.3) is 5.92 Å². The number of rotatable bonds is 6. The van der Waals surface area contributed by atoms with Crippen LogP contribution in [-0.2, 0) is 0 Å². The van der Waals surface area contributed by atoms with Gasteiger partial charge < -0.3 is 15.3 Å². The number of aliphatic hydroxyl groups is 3. The highest BCUT2D eigenvalue weighted by Gasteiger charge is 2.51. The molecule has 0 bridgehead atoms. The van der Waals surface area contributed by atoms with Gasteiger partial charge in [-0.2, -0.15) is 0 Å². The van der Waals surface area contributed by atoms with E-state index in [9.17, 15) is 24.1 Å². The first-order valence-electron chi connectivity index (χ1n) is 12.2. The summed E-state index contributed by atoms with van der Waals surface area (Å²) in [5, 5.41) is 29.7. The van der Waals surface area contributed by atoms with Crippen LogP contribution in [-0.4, -0.2) is 39.1 Å². The molecule has 3 aliphatic rings. The predicted molar refractivity (Wildman–Crippen MR) is 120 cm³/mol. The largest absolute Gasteiger partial charge is 0.393 e. The van der Waals surface area contributed by atoms with Gasteiger partial charge in [0.1, 0.15) is 5.60 Å². The molecule has 0 heterocycles. The minimum atomic E-state index is -3.07. The van der Waals surface area contributed by atoms with E-state index in [0.29, 0.717) is 37.5 Å². The summed E-state index contributed by atoms with van der Waals surface area (Å²) in [5.74, 6) is -1.97. The normalized spacial score (nSPS) is 38.5. The highest BCUT2D eigenvalue weighted by Crippen LogP contribution is 2.60. The second kappa shape index (κ2) is 9.23. The Balaban J connectivity index is 1.69. The van der Waals surface area contributed by atoms with E-state index in [-0.39, 0.29) is 17.8 Å². The third-order valence-electron chi connectivity index (χ3n) is 8.61. The predicted octanol–water partition coefficient (Wildman–Crippen LogP) is 5.78. The van der Waals surface area contributed by atoms with Crippen molar-refractivity contribution >= 4 is 0 Å². The lowest BCUT2D eigenvalue weighted by Gasteiger charge is -2.44. The van der Waals surface area contributed by atoms with E-state index in [1.54, 1.807) is 0 Å². The van der Waals surface area contributed by atoms with Gasteiger partial charge in [0, 0.05) is 6.42 Å². The van der Waals surface area contributed by atoms with Crippen LogP contribution >= 0.6 is 0 Å². The third kappa shape index (κ3) is 5.42. The lowest BCUT2D eigenvalue weighted by Crippen LogP contribution is -2.43. The monoisotopic (exact) mass is 440 g/mol. The van der Waals surface area contributed by atoms with Gasteiger partial charge in [0.05, 0.1) is 12.2 Å². The molecule has 0 aliphatic heterocycles. The highest BCUT2D eigenvalue weighted by atomic mass is 19.3. The Morgan fingerprint density at radius 3 is 2.39 bits per heavy atom. The minimum Gasteiger partial charge on any atom is -0.393 e. The quantitative estimate of drug-likeness (QED) is 0.490. The van der Waals surface area contributed by atoms with E-state index in [1.807, 2.05) is 0 Å². The van der Waals surface area contributed by atoms with Crippen molar-refractivity contribution in [3.8, 4) is 0 Å². The van der Waals surface area contributed by atoms with E-state index in [2.05, 4.69) is 26.0 Å². The van der Waals surface area contributed by atoms with Crippen molar-refractivity contribution in [3.05, 3.63) is 23.3 Å². The van der Waals surface area contributed by atoms with E-state index >= 15 is 0 Å². The summed E-state index contributed by atoms with van der Waals surface area (Å²) in [4.78, 5) is 0. The number of hydrogen-bond donors (Lipinski definition) is 3. The van der Waals surface area contributed by atoms with Crippen LogP contribution in [0, 0.1) is 23.2 Å². The maximum absolute atomic E-state index is 14.3.